The van der Waals surface area contributed by atoms with Crippen molar-refractivity contribution in [2.75, 3.05) is 7.05 Å². The molecule has 0 radical (unpaired) electrons. The second-order valence-corrected chi connectivity index (χ2v) is 5.69. The minimum atomic E-state index is 0.310. The molecule has 2 rings (SSSR count). The first-order valence-corrected chi connectivity index (χ1v) is 7.43. The molecule has 2 aromatic rings. The molecule has 0 spiro atoms. The molecule has 0 aliphatic heterocycles. The summed E-state index contributed by atoms with van der Waals surface area (Å²) in [6, 6.07) is 18.4. The molecule has 0 aliphatic rings. The molecule has 3 heteroatoms. The Morgan fingerprint density at radius 1 is 1.19 bits per heavy atom. The number of nitriles is 1. The van der Waals surface area contributed by atoms with Crippen molar-refractivity contribution in [1.29, 1.82) is 5.26 Å². The molecule has 0 saturated carbocycles. The number of rotatable bonds is 5. The molecular formula is C18H19ClN2. The monoisotopic (exact) mass is 298 g/mol. The third kappa shape index (κ3) is 4.07. The van der Waals surface area contributed by atoms with E-state index in [1.165, 1.54) is 11.1 Å². The van der Waals surface area contributed by atoms with Crippen LogP contribution in [0.3, 0.4) is 0 Å². The summed E-state index contributed by atoms with van der Waals surface area (Å²) in [6.07, 6.45) is 0.911. The Kier molecular flexibility index (Phi) is 5.38. The van der Waals surface area contributed by atoms with Crippen molar-refractivity contribution in [1.82, 2.24) is 5.32 Å². The van der Waals surface area contributed by atoms with Crippen LogP contribution in [0.4, 0.5) is 0 Å². The lowest BCUT2D eigenvalue weighted by Gasteiger charge is -2.24. The minimum absolute atomic E-state index is 0.310. The van der Waals surface area contributed by atoms with Gasteiger partial charge in [0, 0.05) is 17.0 Å². The Labute approximate surface area is 131 Å². The molecule has 0 saturated heterocycles. The molecule has 108 valence electrons. The van der Waals surface area contributed by atoms with Crippen LogP contribution in [0.2, 0.25) is 5.02 Å². The molecule has 0 aliphatic carbocycles. The topological polar surface area (TPSA) is 35.8 Å². The third-order valence-electron chi connectivity index (χ3n) is 3.87. The van der Waals surface area contributed by atoms with Gasteiger partial charge in [0.05, 0.1) is 11.6 Å². The standard InChI is InChI=1S/C18H19ClN2/c1-13(21-2)18(11-14-6-8-17(19)9-7-14)16-5-3-4-15(10-16)12-20/h3-10,13,18,21H,11H2,1-2H3. The van der Waals surface area contributed by atoms with Crippen LogP contribution in [0, 0.1) is 11.3 Å². The van der Waals surface area contributed by atoms with Crippen LogP contribution in [0.25, 0.3) is 0 Å². The molecule has 2 atom stereocenters. The van der Waals surface area contributed by atoms with E-state index in [4.69, 9.17) is 16.9 Å². The molecule has 1 N–H and O–H groups in total. The number of benzene rings is 2. The number of hydrogen-bond acceptors (Lipinski definition) is 2. The zero-order valence-electron chi connectivity index (χ0n) is 12.3. The minimum Gasteiger partial charge on any atom is -0.317 e. The molecule has 0 bridgehead atoms. The van der Waals surface area contributed by atoms with E-state index in [-0.39, 0.29) is 0 Å². The lowest BCUT2D eigenvalue weighted by Crippen LogP contribution is -2.30. The summed E-state index contributed by atoms with van der Waals surface area (Å²) in [4.78, 5) is 0. The van der Waals surface area contributed by atoms with E-state index < -0.39 is 0 Å². The van der Waals surface area contributed by atoms with E-state index in [0.29, 0.717) is 17.5 Å². The van der Waals surface area contributed by atoms with Crippen LogP contribution < -0.4 is 5.32 Å². The van der Waals surface area contributed by atoms with Crippen LogP contribution in [-0.2, 0) is 6.42 Å². The quantitative estimate of drug-likeness (QED) is 0.900. The molecule has 0 aromatic heterocycles. The third-order valence-corrected chi connectivity index (χ3v) is 4.12. The van der Waals surface area contributed by atoms with Gasteiger partial charge in [-0.1, -0.05) is 35.9 Å². The van der Waals surface area contributed by atoms with Crippen molar-refractivity contribution >= 4 is 11.6 Å². The van der Waals surface area contributed by atoms with Crippen LogP contribution in [-0.4, -0.2) is 13.1 Å². The second kappa shape index (κ2) is 7.26. The van der Waals surface area contributed by atoms with Gasteiger partial charge in [0.15, 0.2) is 0 Å². The Morgan fingerprint density at radius 2 is 1.90 bits per heavy atom. The molecule has 0 amide bonds. The number of hydrogen-bond donors (Lipinski definition) is 1. The maximum Gasteiger partial charge on any atom is 0.0991 e. The number of halogens is 1. The lowest BCUT2D eigenvalue weighted by atomic mass is 9.86. The smallest absolute Gasteiger partial charge is 0.0991 e. The first kappa shape index (κ1) is 15.6. The highest BCUT2D eigenvalue weighted by Crippen LogP contribution is 2.26. The van der Waals surface area contributed by atoms with Crippen LogP contribution in [0.15, 0.2) is 48.5 Å². The van der Waals surface area contributed by atoms with Gasteiger partial charge in [0.2, 0.25) is 0 Å². The summed E-state index contributed by atoms with van der Waals surface area (Å²) in [6.45, 7) is 2.17. The van der Waals surface area contributed by atoms with E-state index in [0.717, 1.165) is 11.4 Å². The predicted octanol–water partition coefficient (Wildman–Crippen LogP) is 4.15. The molecule has 2 aromatic carbocycles. The average molecular weight is 299 g/mol. The fourth-order valence-corrected chi connectivity index (χ4v) is 2.62. The first-order valence-electron chi connectivity index (χ1n) is 7.06. The maximum absolute atomic E-state index is 9.08. The highest BCUT2D eigenvalue weighted by molar-refractivity contribution is 6.30. The van der Waals surface area contributed by atoms with E-state index >= 15 is 0 Å². The zero-order chi connectivity index (χ0) is 15.2. The van der Waals surface area contributed by atoms with Gasteiger partial charge in [-0.05, 0) is 55.8 Å². The lowest BCUT2D eigenvalue weighted by molar-refractivity contribution is 0.491. The normalized spacial score (nSPS) is 13.4. The van der Waals surface area contributed by atoms with Gasteiger partial charge in [-0.25, -0.2) is 0 Å². The van der Waals surface area contributed by atoms with Gasteiger partial charge in [0.1, 0.15) is 0 Å². The van der Waals surface area contributed by atoms with Gasteiger partial charge in [-0.15, -0.1) is 0 Å². The van der Waals surface area contributed by atoms with Gasteiger partial charge in [0.25, 0.3) is 0 Å². The fraction of sp³-hybridized carbons (Fsp3) is 0.278. The van der Waals surface area contributed by atoms with E-state index in [1.54, 1.807) is 0 Å². The van der Waals surface area contributed by atoms with Crippen molar-refractivity contribution in [3.63, 3.8) is 0 Å². The van der Waals surface area contributed by atoms with Crippen molar-refractivity contribution in [3.05, 3.63) is 70.2 Å². The molecule has 21 heavy (non-hydrogen) atoms. The average Bonchev–Trinajstić information content (AvgIpc) is 2.53. The summed E-state index contributed by atoms with van der Waals surface area (Å²) in [5.41, 5.74) is 3.14. The Balaban J connectivity index is 2.30. The predicted molar refractivity (Wildman–Crippen MR) is 87.6 cm³/mol. The van der Waals surface area contributed by atoms with Gasteiger partial charge in [-0.2, -0.15) is 5.26 Å². The fourth-order valence-electron chi connectivity index (χ4n) is 2.50. The van der Waals surface area contributed by atoms with E-state index in [2.05, 4.69) is 36.5 Å². The molecule has 2 nitrogen and oxygen atoms in total. The highest BCUT2D eigenvalue weighted by atomic mass is 35.5. The van der Waals surface area contributed by atoms with Gasteiger partial charge < -0.3 is 5.32 Å². The van der Waals surface area contributed by atoms with Crippen LogP contribution in [0.1, 0.15) is 29.5 Å². The number of likely N-dealkylation sites (N-methyl/N-ethyl adjacent to an activating group) is 1. The molecular weight excluding hydrogens is 280 g/mol. The van der Waals surface area contributed by atoms with E-state index in [1.807, 2.05) is 37.4 Å². The van der Waals surface area contributed by atoms with Crippen molar-refractivity contribution in [2.45, 2.75) is 25.3 Å². The van der Waals surface area contributed by atoms with E-state index in [9.17, 15) is 0 Å². The van der Waals surface area contributed by atoms with Gasteiger partial charge in [-0.3, -0.25) is 0 Å². The Bertz CT molecular complexity index is 628. The van der Waals surface area contributed by atoms with Crippen LogP contribution in [0.5, 0.6) is 0 Å². The van der Waals surface area contributed by atoms with Gasteiger partial charge >= 0.3 is 0 Å². The second-order valence-electron chi connectivity index (χ2n) is 5.25. The summed E-state index contributed by atoms with van der Waals surface area (Å²) < 4.78 is 0. The number of nitrogens with zero attached hydrogens (tertiary/aromatic N) is 1. The molecule has 0 fully saturated rings. The summed E-state index contributed by atoms with van der Waals surface area (Å²) >= 11 is 5.95. The Hall–Kier alpha value is -1.82. The van der Waals surface area contributed by atoms with Crippen LogP contribution >= 0.6 is 11.6 Å². The zero-order valence-corrected chi connectivity index (χ0v) is 13.1. The molecule has 0 heterocycles. The SMILES string of the molecule is CNC(C)C(Cc1ccc(Cl)cc1)c1cccc(C#N)c1. The van der Waals surface area contributed by atoms with Crippen molar-refractivity contribution in [3.8, 4) is 6.07 Å². The highest BCUT2D eigenvalue weighted by Gasteiger charge is 2.19. The number of nitrogens with one attached hydrogen (secondary N) is 1. The Morgan fingerprint density at radius 3 is 2.52 bits per heavy atom. The van der Waals surface area contributed by atoms with Crippen molar-refractivity contribution in [2.24, 2.45) is 0 Å². The largest absolute Gasteiger partial charge is 0.317 e. The maximum atomic E-state index is 9.08. The first-order chi connectivity index (χ1) is 10.1. The summed E-state index contributed by atoms with van der Waals surface area (Å²) in [5, 5.41) is 13.2. The molecule has 2 unspecified atom stereocenters. The summed E-state index contributed by atoms with van der Waals surface area (Å²) in [7, 11) is 1.97. The summed E-state index contributed by atoms with van der Waals surface area (Å²) in [5.74, 6) is 0.310. The van der Waals surface area contributed by atoms with Crippen molar-refractivity contribution < 1.29 is 0 Å².